The number of ketones is 1. The first-order valence-corrected chi connectivity index (χ1v) is 12.1. The van der Waals surface area contributed by atoms with Crippen molar-refractivity contribution in [1.29, 1.82) is 0 Å². The normalized spacial score (nSPS) is 20.6. The number of carbonyl (C=O) groups excluding carboxylic acids is 5. The molecule has 2 fully saturated rings. The van der Waals surface area contributed by atoms with Crippen LogP contribution in [0.25, 0.3) is 0 Å². The number of likely N-dealkylation sites (tertiary alicyclic amines) is 1. The average molecular weight is 480 g/mol. The molecule has 192 valence electrons. The van der Waals surface area contributed by atoms with E-state index >= 15 is 0 Å². The number of carbonyl (C=O) groups is 5. The van der Waals surface area contributed by atoms with E-state index in [0.717, 1.165) is 19.3 Å². The molecular weight excluding hydrogens is 438 g/mol. The van der Waals surface area contributed by atoms with Crippen LogP contribution < -0.4 is 21.7 Å². The quantitative estimate of drug-likeness (QED) is 0.386. The highest BCUT2D eigenvalue weighted by molar-refractivity contribution is 6.37. The van der Waals surface area contributed by atoms with E-state index in [0.29, 0.717) is 25.8 Å². The van der Waals surface area contributed by atoms with E-state index < -0.39 is 52.7 Å². The monoisotopic (exact) mass is 479 g/mol. The predicted molar refractivity (Wildman–Crippen MR) is 127 cm³/mol. The molecule has 1 heterocycles. The minimum Gasteiger partial charge on any atom is -0.363 e. The zero-order chi connectivity index (χ0) is 25.8. The molecule has 5 amide bonds. The van der Waals surface area contributed by atoms with Gasteiger partial charge in [0.2, 0.25) is 17.6 Å². The maximum atomic E-state index is 13.5. The van der Waals surface area contributed by atoms with E-state index in [9.17, 15) is 24.0 Å². The highest BCUT2D eigenvalue weighted by atomic mass is 16.2. The van der Waals surface area contributed by atoms with Crippen LogP contribution in [0, 0.1) is 11.3 Å². The number of nitrogens with zero attached hydrogens (tertiary/aromatic N) is 1. The molecular formula is C24H41N5O5. The van der Waals surface area contributed by atoms with E-state index in [4.69, 9.17) is 5.73 Å². The first kappa shape index (κ1) is 27.6. The molecule has 0 aromatic carbocycles. The Balaban J connectivity index is 2.15. The lowest BCUT2D eigenvalue weighted by Gasteiger charge is -2.36. The van der Waals surface area contributed by atoms with Crippen molar-refractivity contribution in [2.75, 3.05) is 6.54 Å². The summed E-state index contributed by atoms with van der Waals surface area (Å²) in [4.78, 5) is 64.5. The maximum Gasteiger partial charge on any atom is 0.315 e. The molecule has 0 aromatic rings. The first-order valence-electron chi connectivity index (χ1n) is 12.1. The molecule has 2 rings (SSSR count). The van der Waals surface area contributed by atoms with Crippen LogP contribution in [0.3, 0.4) is 0 Å². The van der Waals surface area contributed by atoms with E-state index in [2.05, 4.69) is 16.0 Å². The van der Waals surface area contributed by atoms with Crippen molar-refractivity contribution in [3.63, 3.8) is 0 Å². The molecule has 5 N–H and O–H groups in total. The van der Waals surface area contributed by atoms with Crippen LogP contribution in [0.4, 0.5) is 4.79 Å². The zero-order valence-corrected chi connectivity index (χ0v) is 21.3. The number of rotatable bonds is 8. The second kappa shape index (κ2) is 10.7. The lowest BCUT2D eigenvalue weighted by Crippen LogP contribution is -2.61. The standard InChI is InChI=1S/C24H41N5O5/c1-23(2,3)18(27-22(34)28-24(4,5)6)21(33)29-12-8-11-16(29)20(32)26-15(17(30)19(25)31)13-14-9-7-10-14/h14-16,18H,7-13H2,1-6H3,(H2,25,31)(H,26,32)(H2,27,28,34)/t15-,16-,18?/m0/s1. The number of nitrogens with two attached hydrogens (primary N) is 1. The zero-order valence-electron chi connectivity index (χ0n) is 21.3. The Labute approximate surface area is 202 Å². The third-order valence-electron chi connectivity index (χ3n) is 6.39. The lowest BCUT2D eigenvalue weighted by molar-refractivity contribution is -0.143. The van der Waals surface area contributed by atoms with Crippen LogP contribution >= 0.6 is 0 Å². The van der Waals surface area contributed by atoms with Crippen molar-refractivity contribution in [3.05, 3.63) is 0 Å². The highest BCUT2D eigenvalue weighted by Gasteiger charge is 2.43. The van der Waals surface area contributed by atoms with Gasteiger partial charge in [-0.3, -0.25) is 19.2 Å². The van der Waals surface area contributed by atoms with Gasteiger partial charge < -0.3 is 26.6 Å². The minimum absolute atomic E-state index is 0.269. The Morgan fingerprint density at radius 3 is 2.03 bits per heavy atom. The number of Topliss-reactive ketones (excluding diaryl/α,β-unsaturated/α-hetero) is 1. The third-order valence-corrected chi connectivity index (χ3v) is 6.39. The summed E-state index contributed by atoms with van der Waals surface area (Å²) in [7, 11) is 0. The van der Waals surface area contributed by atoms with Gasteiger partial charge in [0.25, 0.3) is 5.91 Å². The van der Waals surface area contributed by atoms with Crippen LogP contribution in [-0.2, 0) is 19.2 Å². The summed E-state index contributed by atoms with van der Waals surface area (Å²) in [6.45, 7) is 11.4. The largest absolute Gasteiger partial charge is 0.363 e. The molecule has 2 aliphatic rings. The summed E-state index contributed by atoms with van der Waals surface area (Å²) in [5.41, 5.74) is 4.12. The van der Waals surface area contributed by atoms with Gasteiger partial charge in [-0.25, -0.2) is 4.79 Å². The van der Waals surface area contributed by atoms with Gasteiger partial charge in [-0.15, -0.1) is 0 Å². The summed E-state index contributed by atoms with van der Waals surface area (Å²) in [5, 5.41) is 8.27. The first-order chi connectivity index (χ1) is 15.6. The summed E-state index contributed by atoms with van der Waals surface area (Å²) < 4.78 is 0. The Morgan fingerprint density at radius 2 is 1.56 bits per heavy atom. The number of nitrogens with one attached hydrogen (secondary N) is 3. The smallest absolute Gasteiger partial charge is 0.315 e. The van der Waals surface area contributed by atoms with Gasteiger partial charge in [-0.2, -0.15) is 0 Å². The van der Waals surface area contributed by atoms with Crippen molar-refractivity contribution >= 4 is 29.5 Å². The van der Waals surface area contributed by atoms with Gasteiger partial charge in [0, 0.05) is 12.1 Å². The van der Waals surface area contributed by atoms with E-state index in [1.807, 2.05) is 41.5 Å². The molecule has 10 heteroatoms. The lowest BCUT2D eigenvalue weighted by atomic mass is 9.80. The molecule has 1 unspecified atom stereocenters. The van der Waals surface area contributed by atoms with E-state index in [-0.39, 0.29) is 11.8 Å². The van der Waals surface area contributed by atoms with Gasteiger partial charge in [0.05, 0.1) is 6.04 Å². The SMILES string of the molecule is CC(C)(C)NC(=O)NC(C(=O)N1CCC[C@H]1C(=O)N[C@@H](CC1CCC1)C(=O)C(N)=O)C(C)(C)C. The number of hydrogen-bond donors (Lipinski definition) is 4. The van der Waals surface area contributed by atoms with Crippen molar-refractivity contribution < 1.29 is 24.0 Å². The van der Waals surface area contributed by atoms with E-state index in [1.54, 1.807) is 0 Å². The van der Waals surface area contributed by atoms with Crippen molar-refractivity contribution in [2.24, 2.45) is 17.1 Å². The molecule has 0 bridgehead atoms. The van der Waals surface area contributed by atoms with Gasteiger partial charge in [-0.1, -0.05) is 40.0 Å². The van der Waals surface area contributed by atoms with Crippen LogP contribution in [0.1, 0.15) is 80.1 Å². The second-order valence-corrected chi connectivity index (χ2v) is 11.7. The minimum atomic E-state index is -1.08. The fourth-order valence-corrected chi connectivity index (χ4v) is 4.36. The van der Waals surface area contributed by atoms with Crippen LogP contribution in [0.15, 0.2) is 0 Å². The molecule has 1 aliphatic carbocycles. The Hall–Kier alpha value is -2.65. The van der Waals surface area contributed by atoms with Crippen molar-refractivity contribution in [2.45, 2.75) is 104 Å². The average Bonchev–Trinajstić information content (AvgIpc) is 3.14. The molecule has 0 radical (unpaired) electrons. The molecule has 10 nitrogen and oxygen atoms in total. The molecule has 1 saturated carbocycles. The maximum absolute atomic E-state index is 13.5. The van der Waals surface area contributed by atoms with Crippen LogP contribution in [0.5, 0.6) is 0 Å². The van der Waals surface area contributed by atoms with Crippen molar-refractivity contribution in [1.82, 2.24) is 20.9 Å². The Kier molecular flexibility index (Phi) is 8.71. The molecule has 3 atom stereocenters. The van der Waals surface area contributed by atoms with Crippen molar-refractivity contribution in [3.8, 4) is 0 Å². The third kappa shape index (κ3) is 7.43. The number of urea groups is 1. The number of amides is 5. The van der Waals surface area contributed by atoms with Gasteiger partial charge in [0.1, 0.15) is 12.1 Å². The summed E-state index contributed by atoms with van der Waals surface area (Å²) in [5.74, 6) is -2.46. The predicted octanol–water partition coefficient (Wildman–Crippen LogP) is 1.22. The Bertz CT molecular complexity index is 810. The molecule has 0 spiro atoms. The summed E-state index contributed by atoms with van der Waals surface area (Å²) in [6.07, 6.45) is 4.37. The van der Waals surface area contributed by atoms with E-state index in [1.165, 1.54) is 4.90 Å². The number of hydrogen-bond acceptors (Lipinski definition) is 5. The van der Waals surface area contributed by atoms with Gasteiger partial charge in [0.15, 0.2) is 0 Å². The van der Waals surface area contributed by atoms with Crippen LogP contribution in [-0.4, -0.2) is 64.6 Å². The molecule has 0 aromatic heterocycles. The second-order valence-electron chi connectivity index (χ2n) is 11.7. The summed E-state index contributed by atoms with van der Waals surface area (Å²) in [6, 6.07) is -3.09. The molecule has 1 saturated heterocycles. The summed E-state index contributed by atoms with van der Waals surface area (Å²) >= 11 is 0. The highest BCUT2D eigenvalue weighted by Crippen LogP contribution is 2.31. The van der Waals surface area contributed by atoms with Gasteiger partial charge >= 0.3 is 6.03 Å². The number of primary amides is 1. The fourth-order valence-electron chi connectivity index (χ4n) is 4.36. The Morgan fingerprint density at radius 1 is 0.941 bits per heavy atom. The van der Waals surface area contributed by atoms with Crippen LogP contribution in [0.2, 0.25) is 0 Å². The topological polar surface area (TPSA) is 151 Å². The molecule has 34 heavy (non-hydrogen) atoms. The van der Waals surface area contributed by atoms with Gasteiger partial charge in [-0.05, 0) is 51.4 Å². The molecule has 1 aliphatic heterocycles. The fraction of sp³-hybridized carbons (Fsp3) is 0.792.